The number of carbonyl (C=O) groups excluding carboxylic acids is 2. The Kier molecular flexibility index (Phi) is 8.16. The van der Waals surface area contributed by atoms with Crippen LogP contribution in [0, 0.1) is 0 Å². The van der Waals surface area contributed by atoms with Crippen LogP contribution < -0.4 is 15.5 Å². The molecule has 0 aromatic heterocycles. The first-order valence-electron chi connectivity index (χ1n) is 9.26. The van der Waals surface area contributed by atoms with Crippen molar-refractivity contribution < 1.29 is 14.3 Å². The van der Waals surface area contributed by atoms with Gasteiger partial charge in [-0.2, -0.15) is 0 Å². The monoisotopic (exact) mass is 369 g/mol. The molecular formula is C21H27N3O3. The summed E-state index contributed by atoms with van der Waals surface area (Å²) in [4.78, 5) is 25.9. The van der Waals surface area contributed by atoms with Crippen molar-refractivity contribution in [3.63, 3.8) is 0 Å². The average molecular weight is 369 g/mol. The lowest BCUT2D eigenvalue weighted by atomic mass is 10.2. The number of anilines is 2. The van der Waals surface area contributed by atoms with Gasteiger partial charge >= 0.3 is 6.09 Å². The predicted molar refractivity (Wildman–Crippen MR) is 108 cm³/mol. The Morgan fingerprint density at radius 3 is 2.33 bits per heavy atom. The van der Waals surface area contributed by atoms with Gasteiger partial charge in [-0.3, -0.25) is 10.1 Å². The summed E-state index contributed by atoms with van der Waals surface area (Å²) in [6.07, 6.45) is 0.352. The molecule has 2 aromatic rings. The summed E-state index contributed by atoms with van der Waals surface area (Å²) in [5.74, 6) is -0.125. The Hall–Kier alpha value is -3.02. The largest absolute Gasteiger partial charge is 0.450 e. The SMILES string of the molecule is CCOC(=O)Nc1ccc(C(=O)NCCCN(CC)c2ccccc2)cc1. The van der Waals surface area contributed by atoms with Crippen molar-refractivity contribution in [1.29, 1.82) is 0 Å². The summed E-state index contributed by atoms with van der Waals surface area (Å²) >= 11 is 0. The molecular weight excluding hydrogens is 342 g/mol. The maximum atomic E-state index is 12.2. The van der Waals surface area contributed by atoms with Crippen LogP contribution in [0.15, 0.2) is 54.6 Å². The summed E-state index contributed by atoms with van der Waals surface area (Å²) in [5, 5.41) is 5.53. The first-order valence-corrected chi connectivity index (χ1v) is 9.26. The molecule has 0 aliphatic carbocycles. The first-order chi connectivity index (χ1) is 13.1. The molecule has 2 aromatic carbocycles. The molecule has 0 saturated heterocycles. The van der Waals surface area contributed by atoms with Gasteiger partial charge in [-0.05, 0) is 56.7 Å². The molecule has 2 rings (SSSR count). The zero-order valence-electron chi connectivity index (χ0n) is 15.9. The zero-order chi connectivity index (χ0) is 19.5. The number of benzene rings is 2. The minimum Gasteiger partial charge on any atom is -0.450 e. The van der Waals surface area contributed by atoms with Crippen LogP contribution in [-0.2, 0) is 4.74 Å². The van der Waals surface area contributed by atoms with Crippen molar-refractivity contribution in [1.82, 2.24) is 5.32 Å². The number of hydrogen-bond acceptors (Lipinski definition) is 4. The van der Waals surface area contributed by atoms with E-state index in [9.17, 15) is 9.59 Å². The standard InChI is InChI=1S/C21H27N3O3/c1-3-24(19-9-6-5-7-10-19)16-8-15-22-20(25)17-11-13-18(14-12-17)23-21(26)27-4-2/h5-7,9-14H,3-4,8,15-16H2,1-2H3,(H,22,25)(H,23,26). The van der Waals surface area contributed by atoms with Crippen molar-refractivity contribution in [2.45, 2.75) is 20.3 Å². The van der Waals surface area contributed by atoms with Gasteiger partial charge < -0.3 is 15.0 Å². The van der Waals surface area contributed by atoms with Gasteiger partial charge in [0.25, 0.3) is 5.91 Å². The van der Waals surface area contributed by atoms with Crippen LogP contribution in [0.5, 0.6) is 0 Å². The van der Waals surface area contributed by atoms with E-state index in [0.29, 0.717) is 24.4 Å². The van der Waals surface area contributed by atoms with Crippen LogP contribution in [0.1, 0.15) is 30.6 Å². The molecule has 27 heavy (non-hydrogen) atoms. The summed E-state index contributed by atoms with van der Waals surface area (Å²) < 4.78 is 4.82. The van der Waals surface area contributed by atoms with E-state index in [1.54, 1.807) is 31.2 Å². The lowest BCUT2D eigenvalue weighted by molar-refractivity contribution is 0.0953. The van der Waals surface area contributed by atoms with E-state index < -0.39 is 6.09 Å². The van der Waals surface area contributed by atoms with Crippen molar-refractivity contribution in [2.75, 3.05) is 36.5 Å². The number of nitrogens with one attached hydrogen (secondary N) is 2. The Morgan fingerprint density at radius 1 is 1.00 bits per heavy atom. The molecule has 0 radical (unpaired) electrons. The molecule has 0 spiro atoms. The maximum absolute atomic E-state index is 12.2. The number of rotatable bonds is 9. The summed E-state index contributed by atoms with van der Waals surface area (Å²) in [6.45, 7) is 6.58. The quantitative estimate of drug-likeness (QED) is 0.658. The van der Waals surface area contributed by atoms with Gasteiger partial charge in [0, 0.05) is 36.6 Å². The van der Waals surface area contributed by atoms with Gasteiger partial charge in [0.1, 0.15) is 0 Å². The second-order valence-corrected chi connectivity index (χ2v) is 5.95. The van der Waals surface area contributed by atoms with Gasteiger partial charge in [0.2, 0.25) is 0 Å². The van der Waals surface area contributed by atoms with Crippen LogP contribution in [0.3, 0.4) is 0 Å². The fraction of sp³-hybridized carbons (Fsp3) is 0.333. The normalized spacial score (nSPS) is 10.1. The van der Waals surface area contributed by atoms with Crippen LogP contribution >= 0.6 is 0 Å². The highest BCUT2D eigenvalue weighted by atomic mass is 16.5. The minimum atomic E-state index is -0.506. The highest BCUT2D eigenvalue weighted by Gasteiger charge is 2.07. The maximum Gasteiger partial charge on any atom is 0.411 e. The van der Waals surface area contributed by atoms with Crippen molar-refractivity contribution in [2.24, 2.45) is 0 Å². The van der Waals surface area contributed by atoms with E-state index in [1.165, 1.54) is 5.69 Å². The molecule has 0 bridgehead atoms. The minimum absolute atomic E-state index is 0.125. The van der Waals surface area contributed by atoms with E-state index >= 15 is 0 Å². The van der Waals surface area contributed by atoms with E-state index in [2.05, 4.69) is 34.6 Å². The van der Waals surface area contributed by atoms with Crippen LogP contribution in [0.25, 0.3) is 0 Å². The van der Waals surface area contributed by atoms with Gasteiger partial charge in [-0.25, -0.2) is 4.79 Å². The third-order valence-corrected chi connectivity index (χ3v) is 4.06. The van der Waals surface area contributed by atoms with Crippen LogP contribution in [-0.4, -0.2) is 38.2 Å². The Morgan fingerprint density at radius 2 is 1.70 bits per heavy atom. The molecule has 144 valence electrons. The van der Waals surface area contributed by atoms with Crippen LogP contribution in [0.2, 0.25) is 0 Å². The molecule has 0 fully saturated rings. The lowest BCUT2D eigenvalue weighted by Gasteiger charge is -2.23. The molecule has 0 aliphatic heterocycles. The number of carbonyl (C=O) groups is 2. The van der Waals surface area contributed by atoms with E-state index in [4.69, 9.17) is 4.74 Å². The van der Waals surface area contributed by atoms with Gasteiger partial charge in [-0.1, -0.05) is 18.2 Å². The number of para-hydroxylation sites is 1. The molecule has 6 heteroatoms. The Balaban J connectivity index is 1.76. The summed E-state index contributed by atoms with van der Waals surface area (Å²) in [7, 11) is 0. The molecule has 0 atom stereocenters. The number of ether oxygens (including phenoxy) is 1. The molecule has 0 saturated carbocycles. The number of hydrogen-bond donors (Lipinski definition) is 2. The lowest BCUT2D eigenvalue weighted by Crippen LogP contribution is -2.29. The highest BCUT2D eigenvalue weighted by molar-refractivity contribution is 5.95. The first kappa shape index (κ1) is 20.3. The number of amides is 2. The van der Waals surface area contributed by atoms with Gasteiger partial charge in [-0.15, -0.1) is 0 Å². The molecule has 0 unspecified atom stereocenters. The van der Waals surface area contributed by atoms with E-state index in [1.807, 2.05) is 18.2 Å². The Bertz CT molecular complexity index is 717. The van der Waals surface area contributed by atoms with Gasteiger partial charge in [0.05, 0.1) is 6.61 Å². The average Bonchev–Trinajstić information content (AvgIpc) is 2.69. The summed E-state index contributed by atoms with van der Waals surface area (Å²) in [6, 6.07) is 17.0. The molecule has 2 amide bonds. The third kappa shape index (κ3) is 6.66. The molecule has 0 heterocycles. The Labute approximate surface area is 160 Å². The zero-order valence-corrected chi connectivity index (χ0v) is 15.9. The predicted octanol–water partition coefficient (Wildman–Crippen LogP) is 3.90. The van der Waals surface area contributed by atoms with E-state index in [0.717, 1.165) is 19.5 Å². The van der Waals surface area contributed by atoms with Gasteiger partial charge in [0.15, 0.2) is 0 Å². The molecule has 6 nitrogen and oxygen atoms in total. The smallest absolute Gasteiger partial charge is 0.411 e. The second-order valence-electron chi connectivity index (χ2n) is 5.95. The third-order valence-electron chi connectivity index (χ3n) is 4.06. The fourth-order valence-corrected chi connectivity index (χ4v) is 2.67. The highest BCUT2D eigenvalue weighted by Crippen LogP contribution is 2.13. The summed E-state index contributed by atoms with van der Waals surface area (Å²) in [5.41, 5.74) is 2.34. The van der Waals surface area contributed by atoms with Crippen molar-refractivity contribution in [3.8, 4) is 0 Å². The second kappa shape index (κ2) is 10.9. The van der Waals surface area contributed by atoms with Crippen LogP contribution in [0.4, 0.5) is 16.2 Å². The fourth-order valence-electron chi connectivity index (χ4n) is 2.67. The molecule has 0 aliphatic rings. The topological polar surface area (TPSA) is 70.7 Å². The van der Waals surface area contributed by atoms with E-state index in [-0.39, 0.29) is 5.91 Å². The number of nitrogens with zero attached hydrogens (tertiary/aromatic N) is 1. The molecule has 2 N–H and O–H groups in total. The van der Waals surface area contributed by atoms with Crippen molar-refractivity contribution >= 4 is 23.4 Å². The van der Waals surface area contributed by atoms with Crippen molar-refractivity contribution in [3.05, 3.63) is 60.2 Å².